The Morgan fingerprint density at radius 2 is 1.69 bits per heavy atom. The lowest BCUT2D eigenvalue weighted by Crippen LogP contribution is -2.25. The molecule has 0 radical (unpaired) electrons. The van der Waals surface area contributed by atoms with Crippen molar-refractivity contribution in [2.75, 3.05) is 23.3 Å². The fourth-order valence-electron chi connectivity index (χ4n) is 4.92. The Morgan fingerprint density at radius 1 is 0.952 bits per heavy atom. The van der Waals surface area contributed by atoms with E-state index >= 15 is 0 Å². The van der Waals surface area contributed by atoms with Gasteiger partial charge < -0.3 is 20.3 Å². The summed E-state index contributed by atoms with van der Waals surface area (Å²) in [7, 11) is -2.25. The number of nitrogen functional groups attached to an aromatic ring is 1. The molecule has 0 unspecified atom stereocenters. The van der Waals surface area contributed by atoms with Crippen LogP contribution in [0.25, 0.3) is 44.7 Å². The van der Waals surface area contributed by atoms with Crippen LogP contribution in [0.5, 0.6) is 0 Å². The molecule has 0 aliphatic carbocycles. The van der Waals surface area contributed by atoms with Crippen molar-refractivity contribution >= 4 is 49.4 Å². The van der Waals surface area contributed by atoms with E-state index in [2.05, 4.69) is 4.98 Å². The summed E-state index contributed by atoms with van der Waals surface area (Å²) >= 11 is 0. The fraction of sp³-hybridized carbons (Fsp3) is 0.0968. The van der Waals surface area contributed by atoms with E-state index in [4.69, 9.17) is 20.3 Å². The van der Waals surface area contributed by atoms with Gasteiger partial charge in [-0.3, -0.25) is 9.10 Å². The molecule has 1 amide bonds. The van der Waals surface area contributed by atoms with E-state index in [1.54, 1.807) is 48.5 Å². The number of fused-ring (bicyclic) bond motifs is 2. The molecule has 212 valence electrons. The van der Waals surface area contributed by atoms with Crippen LogP contribution in [0.3, 0.4) is 0 Å². The molecule has 6 rings (SSSR count). The smallest absolute Gasteiger partial charge is 0.252 e. The molecule has 2 heterocycles. The molecule has 9 nitrogen and oxygen atoms in total. The van der Waals surface area contributed by atoms with Crippen molar-refractivity contribution in [3.8, 4) is 22.6 Å². The summed E-state index contributed by atoms with van der Waals surface area (Å²) in [6, 6.07) is 21.5. The van der Waals surface area contributed by atoms with Crippen LogP contribution in [0.15, 0.2) is 87.7 Å². The number of hydrogen-bond acceptors (Lipinski definition) is 7. The van der Waals surface area contributed by atoms with Gasteiger partial charge in [0.05, 0.1) is 17.5 Å². The van der Waals surface area contributed by atoms with Gasteiger partial charge in [0, 0.05) is 47.8 Å². The molecule has 6 aromatic rings. The Balaban J connectivity index is 1.54. The van der Waals surface area contributed by atoms with Crippen molar-refractivity contribution in [3.05, 3.63) is 102 Å². The topological polar surface area (TPSA) is 146 Å². The highest BCUT2D eigenvalue weighted by molar-refractivity contribution is 7.92. The fourth-order valence-corrected chi connectivity index (χ4v) is 5.43. The third-order valence-electron chi connectivity index (χ3n) is 7.07. The Bertz CT molecular complexity index is 2120. The second kappa shape index (κ2) is 10.0. The van der Waals surface area contributed by atoms with E-state index in [0.717, 1.165) is 10.6 Å². The molecule has 0 saturated carbocycles. The van der Waals surface area contributed by atoms with Gasteiger partial charge >= 0.3 is 0 Å². The van der Waals surface area contributed by atoms with Crippen molar-refractivity contribution in [2.45, 2.75) is 6.42 Å². The summed E-state index contributed by atoms with van der Waals surface area (Å²) in [5.41, 5.74) is 16.7. The molecule has 0 aliphatic rings. The number of rotatable bonds is 7. The van der Waals surface area contributed by atoms with Crippen molar-refractivity contribution in [2.24, 2.45) is 5.73 Å². The molecule has 4 N–H and O–H groups in total. The Hall–Kier alpha value is -5.16. The Labute approximate surface area is 240 Å². The van der Waals surface area contributed by atoms with Gasteiger partial charge in [-0.25, -0.2) is 17.8 Å². The van der Waals surface area contributed by atoms with Crippen LogP contribution in [-0.4, -0.2) is 32.6 Å². The molecular formula is C31H25FN4O5S. The van der Waals surface area contributed by atoms with Crippen LogP contribution in [0.1, 0.15) is 21.7 Å². The number of hydrogen-bond donors (Lipinski definition) is 2. The van der Waals surface area contributed by atoms with E-state index in [-0.39, 0.29) is 29.1 Å². The van der Waals surface area contributed by atoms with E-state index < -0.39 is 15.9 Å². The minimum atomic E-state index is -3.69. The lowest BCUT2D eigenvalue weighted by Gasteiger charge is -2.21. The Morgan fingerprint density at radius 3 is 2.40 bits per heavy atom. The highest BCUT2D eigenvalue weighted by atomic mass is 32.2. The molecule has 4 aromatic carbocycles. The third-order valence-corrected chi connectivity index (χ3v) is 8.26. The van der Waals surface area contributed by atoms with Gasteiger partial charge in [-0.15, -0.1) is 0 Å². The number of benzene rings is 4. The van der Waals surface area contributed by atoms with Crippen LogP contribution < -0.4 is 15.8 Å². The first-order valence-electron chi connectivity index (χ1n) is 12.8. The maximum Gasteiger partial charge on any atom is 0.252 e. The minimum absolute atomic E-state index is 0.164. The van der Waals surface area contributed by atoms with Crippen LogP contribution in [-0.2, 0) is 16.4 Å². The second-order valence-electron chi connectivity index (χ2n) is 9.99. The second-order valence-corrected chi connectivity index (χ2v) is 12.0. The van der Waals surface area contributed by atoms with Gasteiger partial charge in [0.25, 0.3) is 5.91 Å². The largest absolute Gasteiger partial charge is 0.460 e. The van der Waals surface area contributed by atoms with Gasteiger partial charge in [-0.2, -0.15) is 0 Å². The summed E-state index contributed by atoms with van der Waals surface area (Å²) in [5, 5.41) is 0.419. The first-order chi connectivity index (χ1) is 20.0. The van der Waals surface area contributed by atoms with Gasteiger partial charge in [0.15, 0.2) is 5.58 Å². The van der Waals surface area contributed by atoms with Gasteiger partial charge in [-0.1, -0.05) is 24.3 Å². The molecule has 0 fully saturated rings. The number of primary amides is 1. The monoisotopic (exact) mass is 584 g/mol. The number of aromatic nitrogens is 1. The summed E-state index contributed by atoms with van der Waals surface area (Å²) in [6.45, 7) is 0. The first-order valence-corrected chi connectivity index (χ1v) is 14.7. The SMILES string of the molecule is CN(c1cc2oc(Cc3ccc(F)cc3)c(C(N)=O)c2cc1-c1cccc(-c2nc3ccc(N)cc3o2)c1)S(C)(=O)=O. The van der Waals surface area contributed by atoms with Crippen molar-refractivity contribution in [1.82, 2.24) is 4.98 Å². The zero-order chi connectivity index (χ0) is 29.8. The molecule has 2 aromatic heterocycles. The molecule has 0 aliphatic heterocycles. The van der Waals surface area contributed by atoms with Crippen LogP contribution in [0.4, 0.5) is 15.8 Å². The van der Waals surface area contributed by atoms with Crippen molar-refractivity contribution < 1.29 is 26.4 Å². The molecule has 0 bridgehead atoms. The van der Waals surface area contributed by atoms with Crippen molar-refractivity contribution in [3.63, 3.8) is 0 Å². The van der Waals surface area contributed by atoms with Crippen molar-refractivity contribution in [1.29, 1.82) is 0 Å². The van der Waals surface area contributed by atoms with E-state index in [0.29, 0.717) is 56.0 Å². The molecular weight excluding hydrogens is 559 g/mol. The zero-order valence-corrected chi connectivity index (χ0v) is 23.4. The highest BCUT2D eigenvalue weighted by Crippen LogP contribution is 2.40. The number of oxazole rings is 1. The van der Waals surface area contributed by atoms with Crippen LogP contribution >= 0.6 is 0 Å². The van der Waals surface area contributed by atoms with E-state index in [9.17, 15) is 17.6 Å². The van der Waals surface area contributed by atoms with Gasteiger partial charge in [0.1, 0.15) is 22.7 Å². The average molecular weight is 585 g/mol. The number of anilines is 2. The normalized spacial score (nSPS) is 11.8. The molecule has 0 saturated heterocycles. The number of halogens is 1. The average Bonchev–Trinajstić information content (AvgIpc) is 3.53. The third kappa shape index (κ3) is 4.94. The first kappa shape index (κ1) is 27.0. The van der Waals surface area contributed by atoms with Gasteiger partial charge in [-0.05, 0) is 53.6 Å². The standard InChI is InChI=1S/C31H25FN4O5S/c1-36(42(2,38)39)25-16-26-23(29(30(34)37)28(40-26)12-17-6-8-20(32)9-7-17)15-22(25)18-4-3-5-19(13-18)31-35-24-11-10-21(33)14-27(24)41-31/h3-11,13-16H,12,33H2,1-2H3,(H2,34,37). The predicted molar refractivity (Wildman–Crippen MR) is 160 cm³/mol. The molecule has 11 heteroatoms. The number of nitrogens with two attached hydrogens (primary N) is 2. The number of nitrogens with zero attached hydrogens (tertiary/aromatic N) is 2. The lowest BCUT2D eigenvalue weighted by atomic mass is 9.97. The number of furan rings is 1. The number of amides is 1. The number of carbonyl (C=O) groups is 1. The van der Waals surface area contributed by atoms with Crippen LogP contribution in [0, 0.1) is 5.82 Å². The lowest BCUT2D eigenvalue weighted by molar-refractivity contribution is 0.1000. The number of carbonyl (C=O) groups excluding carboxylic acids is 1. The maximum absolute atomic E-state index is 13.5. The Kier molecular flexibility index (Phi) is 6.46. The number of sulfonamides is 1. The molecule has 0 spiro atoms. The highest BCUT2D eigenvalue weighted by Gasteiger charge is 2.25. The van der Waals surface area contributed by atoms with Crippen LogP contribution in [0.2, 0.25) is 0 Å². The quantitative estimate of drug-likeness (QED) is 0.228. The summed E-state index contributed by atoms with van der Waals surface area (Å²) in [4.78, 5) is 17.2. The summed E-state index contributed by atoms with van der Waals surface area (Å²) < 4.78 is 52.0. The zero-order valence-electron chi connectivity index (χ0n) is 22.6. The molecule has 0 atom stereocenters. The van der Waals surface area contributed by atoms with Gasteiger partial charge in [0.2, 0.25) is 15.9 Å². The minimum Gasteiger partial charge on any atom is -0.460 e. The van der Waals surface area contributed by atoms with E-state index in [1.807, 2.05) is 18.2 Å². The summed E-state index contributed by atoms with van der Waals surface area (Å²) in [5.74, 6) is -0.450. The summed E-state index contributed by atoms with van der Waals surface area (Å²) in [6.07, 6.45) is 1.27. The van der Waals surface area contributed by atoms with E-state index in [1.165, 1.54) is 19.2 Å². The maximum atomic E-state index is 13.5. The molecule has 42 heavy (non-hydrogen) atoms. The predicted octanol–water partition coefficient (Wildman–Crippen LogP) is 5.71.